The number of carbonyl (C=O) groups excluding carboxylic acids is 3. The van der Waals surface area contributed by atoms with Gasteiger partial charge in [0.15, 0.2) is 0 Å². The average molecular weight is 459 g/mol. The first-order valence-corrected chi connectivity index (χ1v) is 11.3. The molecule has 0 radical (unpaired) electrons. The van der Waals surface area contributed by atoms with Crippen molar-refractivity contribution in [1.82, 2.24) is 5.32 Å². The molecule has 31 heavy (non-hydrogen) atoms. The van der Waals surface area contributed by atoms with Crippen molar-refractivity contribution in [3.63, 3.8) is 0 Å². The number of thiophene rings is 2. The number of benzene rings is 1. The highest BCUT2D eigenvalue weighted by molar-refractivity contribution is 7.17. The van der Waals surface area contributed by atoms with Crippen molar-refractivity contribution in [3.05, 3.63) is 63.8 Å². The third kappa shape index (κ3) is 5.78. The van der Waals surface area contributed by atoms with Crippen LogP contribution in [0.1, 0.15) is 33.2 Å². The molecule has 1 amide bonds. The van der Waals surface area contributed by atoms with Crippen LogP contribution in [-0.2, 0) is 20.8 Å². The van der Waals surface area contributed by atoms with Crippen molar-refractivity contribution in [1.29, 1.82) is 0 Å². The van der Waals surface area contributed by atoms with Crippen LogP contribution in [0, 0.1) is 0 Å². The average Bonchev–Trinajstić information content (AvgIpc) is 3.43. The molecular weight excluding hydrogens is 436 g/mol. The number of methoxy groups -OCH3 is 1. The van der Waals surface area contributed by atoms with Crippen molar-refractivity contribution in [2.45, 2.75) is 13.5 Å². The number of amides is 1. The largest absolute Gasteiger partial charge is 0.465 e. The second-order valence-electron chi connectivity index (χ2n) is 6.39. The summed E-state index contributed by atoms with van der Waals surface area (Å²) in [4.78, 5) is 37.4. The summed E-state index contributed by atoms with van der Waals surface area (Å²) in [5, 5.41) is 10.1. The predicted octanol–water partition coefficient (Wildman–Crippen LogP) is 4.17. The maximum atomic E-state index is 12.5. The van der Waals surface area contributed by atoms with E-state index in [1.807, 2.05) is 22.9 Å². The normalized spacial score (nSPS) is 10.5. The van der Waals surface area contributed by atoms with Crippen LogP contribution in [0.5, 0.6) is 0 Å². The zero-order chi connectivity index (χ0) is 22.2. The Labute approximate surface area is 188 Å². The van der Waals surface area contributed by atoms with E-state index in [2.05, 4.69) is 15.4 Å². The summed E-state index contributed by atoms with van der Waals surface area (Å²) in [6.45, 7) is 2.51. The maximum Gasteiger partial charge on any atom is 0.341 e. The molecule has 0 saturated carbocycles. The Hall–Kier alpha value is -3.01. The zero-order valence-electron chi connectivity index (χ0n) is 17.1. The van der Waals surface area contributed by atoms with Crippen molar-refractivity contribution in [2.24, 2.45) is 0 Å². The topological polar surface area (TPSA) is 93.7 Å². The second-order valence-corrected chi connectivity index (χ2v) is 8.22. The molecule has 3 aromatic rings. The van der Waals surface area contributed by atoms with Gasteiger partial charge in [0, 0.05) is 22.4 Å². The third-order valence-electron chi connectivity index (χ3n) is 4.30. The Morgan fingerprint density at radius 3 is 2.45 bits per heavy atom. The van der Waals surface area contributed by atoms with Gasteiger partial charge in [0.1, 0.15) is 10.6 Å². The summed E-state index contributed by atoms with van der Waals surface area (Å²) in [7, 11) is 1.33. The van der Waals surface area contributed by atoms with Gasteiger partial charge >= 0.3 is 11.9 Å². The molecule has 2 N–H and O–H groups in total. The van der Waals surface area contributed by atoms with E-state index in [9.17, 15) is 14.4 Å². The first-order chi connectivity index (χ1) is 15.0. The lowest BCUT2D eigenvalue weighted by Gasteiger charge is -2.09. The molecule has 0 aliphatic carbocycles. The quantitative estimate of drug-likeness (QED) is 0.468. The SMILES string of the molecule is CCOC(=O)c1c(-c2cccs2)csc1NC(=O)CNCc1ccc(C(=O)OC)cc1. The smallest absolute Gasteiger partial charge is 0.341 e. The number of nitrogens with one attached hydrogen (secondary N) is 2. The Morgan fingerprint density at radius 1 is 1.03 bits per heavy atom. The fourth-order valence-corrected chi connectivity index (χ4v) is 4.62. The van der Waals surface area contributed by atoms with Gasteiger partial charge in [-0.25, -0.2) is 9.59 Å². The molecule has 7 nitrogen and oxygen atoms in total. The van der Waals surface area contributed by atoms with Crippen molar-refractivity contribution >= 4 is 45.5 Å². The van der Waals surface area contributed by atoms with Crippen molar-refractivity contribution in [3.8, 4) is 10.4 Å². The molecule has 162 valence electrons. The van der Waals surface area contributed by atoms with E-state index < -0.39 is 11.9 Å². The summed E-state index contributed by atoms with van der Waals surface area (Å²) >= 11 is 2.81. The Balaban J connectivity index is 1.61. The van der Waals surface area contributed by atoms with E-state index in [1.54, 1.807) is 31.2 Å². The molecule has 0 atom stereocenters. The van der Waals surface area contributed by atoms with Crippen LogP contribution in [0.3, 0.4) is 0 Å². The second kappa shape index (κ2) is 10.9. The number of hydrogen-bond acceptors (Lipinski definition) is 8. The Kier molecular flexibility index (Phi) is 7.94. The zero-order valence-corrected chi connectivity index (χ0v) is 18.7. The molecule has 0 aliphatic rings. The molecule has 0 bridgehead atoms. The third-order valence-corrected chi connectivity index (χ3v) is 6.10. The summed E-state index contributed by atoms with van der Waals surface area (Å²) in [6, 6.07) is 10.8. The molecule has 2 aromatic heterocycles. The molecule has 0 aliphatic heterocycles. The van der Waals surface area contributed by atoms with E-state index in [-0.39, 0.29) is 19.1 Å². The molecule has 3 rings (SSSR count). The highest BCUT2D eigenvalue weighted by Gasteiger charge is 2.23. The number of carbonyl (C=O) groups is 3. The summed E-state index contributed by atoms with van der Waals surface area (Å²) in [5.41, 5.74) is 2.52. The molecule has 1 aromatic carbocycles. The first kappa shape index (κ1) is 22.7. The van der Waals surface area contributed by atoms with Gasteiger partial charge in [0.25, 0.3) is 0 Å². The number of rotatable bonds is 9. The van der Waals surface area contributed by atoms with Crippen LogP contribution in [0.25, 0.3) is 10.4 Å². The molecule has 0 saturated heterocycles. The Bertz CT molecular complexity index is 1040. The molecule has 2 heterocycles. The van der Waals surface area contributed by atoms with E-state index in [0.717, 1.165) is 16.0 Å². The van der Waals surface area contributed by atoms with Crippen LogP contribution in [-0.4, -0.2) is 38.1 Å². The fraction of sp³-hybridized carbons (Fsp3) is 0.227. The lowest BCUT2D eigenvalue weighted by molar-refractivity contribution is -0.115. The minimum Gasteiger partial charge on any atom is -0.465 e. The monoisotopic (exact) mass is 458 g/mol. The molecular formula is C22H22N2O5S2. The highest BCUT2D eigenvalue weighted by Crippen LogP contribution is 2.38. The van der Waals surface area contributed by atoms with Gasteiger partial charge < -0.3 is 20.1 Å². The van der Waals surface area contributed by atoms with Gasteiger partial charge in [0.05, 0.1) is 25.8 Å². The first-order valence-electron chi connectivity index (χ1n) is 9.53. The molecule has 9 heteroatoms. The number of hydrogen-bond donors (Lipinski definition) is 2. The number of ether oxygens (including phenoxy) is 2. The van der Waals surface area contributed by atoms with Gasteiger partial charge in [-0.2, -0.15) is 0 Å². The van der Waals surface area contributed by atoms with E-state index in [4.69, 9.17) is 4.74 Å². The lowest BCUT2D eigenvalue weighted by atomic mass is 10.1. The van der Waals surface area contributed by atoms with Crippen LogP contribution >= 0.6 is 22.7 Å². The Morgan fingerprint density at radius 2 is 1.81 bits per heavy atom. The summed E-state index contributed by atoms with van der Waals surface area (Å²) in [6.07, 6.45) is 0. The number of esters is 2. The minimum absolute atomic E-state index is 0.0628. The standard InChI is InChI=1S/C22H22N2O5S2/c1-3-29-22(27)19-16(17-5-4-10-30-17)13-31-20(19)24-18(25)12-23-11-14-6-8-15(9-7-14)21(26)28-2/h4-10,13,23H,3,11-12H2,1-2H3,(H,24,25). The summed E-state index contributed by atoms with van der Waals surface area (Å²) in [5.74, 6) is -1.12. The van der Waals surface area contributed by atoms with Gasteiger partial charge in [0.2, 0.25) is 5.91 Å². The van der Waals surface area contributed by atoms with Gasteiger partial charge in [-0.3, -0.25) is 4.79 Å². The lowest BCUT2D eigenvalue weighted by Crippen LogP contribution is -2.28. The van der Waals surface area contributed by atoms with Crippen molar-refractivity contribution < 1.29 is 23.9 Å². The van der Waals surface area contributed by atoms with Crippen LogP contribution in [0.4, 0.5) is 5.00 Å². The van der Waals surface area contributed by atoms with Gasteiger partial charge in [-0.15, -0.1) is 22.7 Å². The molecule has 0 fully saturated rings. The molecule has 0 unspecified atom stereocenters. The van der Waals surface area contributed by atoms with Crippen molar-refractivity contribution in [2.75, 3.05) is 25.6 Å². The van der Waals surface area contributed by atoms with Crippen LogP contribution in [0.15, 0.2) is 47.2 Å². The van der Waals surface area contributed by atoms with E-state index >= 15 is 0 Å². The van der Waals surface area contributed by atoms with Gasteiger partial charge in [-0.1, -0.05) is 18.2 Å². The van der Waals surface area contributed by atoms with Crippen LogP contribution < -0.4 is 10.6 Å². The van der Waals surface area contributed by atoms with Gasteiger partial charge in [-0.05, 0) is 36.1 Å². The number of anilines is 1. The maximum absolute atomic E-state index is 12.5. The summed E-state index contributed by atoms with van der Waals surface area (Å²) < 4.78 is 9.87. The minimum atomic E-state index is -0.457. The highest BCUT2D eigenvalue weighted by atomic mass is 32.1. The fourth-order valence-electron chi connectivity index (χ4n) is 2.84. The van der Waals surface area contributed by atoms with Crippen LogP contribution in [0.2, 0.25) is 0 Å². The predicted molar refractivity (Wildman–Crippen MR) is 122 cm³/mol. The van der Waals surface area contributed by atoms with E-state index in [0.29, 0.717) is 22.7 Å². The van der Waals surface area contributed by atoms with E-state index in [1.165, 1.54) is 29.8 Å². The molecule has 0 spiro atoms.